The molecule has 2 atom stereocenters. The maximum Gasteiger partial charge on any atom is 0.0712 e. The molecule has 1 aliphatic heterocycles. The van der Waals surface area contributed by atoms with Crippen molar-refractivity contribution in [3.63, 3.8) is 0 Å². The summed E-state index contributed by atoms with van der Waals surface area (Å²) in [6.45, 7) is 5.03. The van der Waals surface area contributed by atoms with Crippen LogP contribution in [0.1, 0.15) is 32.6 Å². The lowest BCUT2D eigenvalue weighted by Crippen LogP contribution is -2.36. The Morgan fingerprint density at radius 2 is 2.10 bits per heavy atom. The van der Waals surface area contributed by atoms with Crippen LogP contribution in [0.15, 0.2) is 30.3 Å². The third-order valence-electron chi connectivity index (χ3n) is 4.43. The molecule has 0 radical (unpaired) electrons. The summed E-state index contributed by atoms with van der Waals surface area (Å²) in [6.07, 6.45) is 4.39. The van der Waals surface area contributed by atoms with Gasteiger partial charge in [-0.05, 0) is 51.4 Å². The van der Waals surface area contributed by atoms with Crippen molar-refractivity contribution in [1.82, 2.24) is 4.90 Å². The van der Waals surface area contributed by atoms with Crippen LogP contribution in [-0.2, 0) is 0 Å². The van der Waals surface area contributed by atoms with E-state index >= 15 is 0 Å². The lowest BCUT2D eigenvalue weighted by atomic mass is 10.1. The van der Waals surface area contributed by atoms with E-state index in [9.17, 15) is 5.11 Å². The monoisotopic (exact) mass is 276 g/mol. The van der Waals surface area contributed by atoms with Gasteiger partial charge in [0.2, 0.25) is 0 Å². The predicted octanol–water partition coefficient (Wildman–Crippen LogP) is 2.75. The van der Waals surface area contributed by atoms with Crippen molar-refractivity contribution in [3.8, 4) is 0 Å². The molecule has 20 heavy (non-hydrogen) atoms. The van der Waals surface area contributed by atoms with E-state index in [0.29, 0.717) is 6.04 Å². The van der Waals surface area contributed by atoms with E-state index in [2.05, 4.69) is 41.1 Å². The van der Waals surface area contributed by atoms with E-state index in [1.54, 1.807) is 0 Å². The van der Waals surface area contributed by atoms with Gasteiger partial charge in [-0.25, -0.2) is 0 Å². The Bertz CT molecular complexity index is 382. The molecule has 112 valence electrons. The van der Waals surface area contributed by atoms with Crippen LogP contribution in [0.25, 0.3) is 0 Å². The van der Waals surface area contributed by atoms with Gasteiger partial charge in [0.1, 0.15) is 0 Å². The third kappa shape index (κ3) is 4.22. The number of likely N-dealkylation sites (tertiary alicyclic amines) is 1. The Morgan fingerprint density at radius 1 is 1.35 bits per heavy atom. The minimum atomic E-state index is -0.239. The highest BCUT2D eigenvalue weighted by atomic mass is 16.3. The molecule has 1 fully saturated rings. The summed E-state index contributed by atoms with van der Waals surface area (Å²) in [6, 6.07) is 11.2. The van der Waals surface area contributed by atoms with Crippen molar-refractivity contribution in [1.29, 1.82) is 0 Å². The summed E-state index contributed by atoms with van der Waals surface area (Å²) < 4.78 is 0. The molecule has 2 rings (SSSR count). The second-order valence-electron chi connectivity index (χ2n) is 5.91. The molecular weight excluding hydrogens is 248 g/mol. The second kappa shape index (κ2) is 7.65. The average Bonchev–Trinajstić information content (AvgIpc) is 2.89. The van der Waals surface area contributed by atoms with Gasteiger partial charge in [-0.2, -0.15) is 0 Å². The normalized spacial score (nSPS) is 21.1. The minimum absolute atomic E-state index is 0.239. The van der Waals surface area contributed by atoms with Gasteiger partial charge in [-0.3, -0.25) is 0 Å². The number of para-hydroxylation sites is 1. The lowest BCUT2D eigenvalue weighted by molar-refractivity contribution is 0.174. The molecule has 0 amide bonds. The van der Waals surface area contributed by atoms with Gasteiger partial charge in [0.15, 0.2) is 0 Å². The van der Waals surface area contributed by atoms with Gasteiger partial charge in [-0.1, -0.05) is 25.1 Å². The molecule has 0 bridgehead atoms. The van der Waals surface area contributed by atoms with E-state index in [-0.39, 0.29) is 6.10 Å². The number of aliphatic hydroxyl groups is 1. The first kappa shape index (κ1) is 15.3. The van der Waals surface area contributed by atoms with E-state index in [4.69, 9.17) is 0 Å². The lowest BCUT2D eigenvalue weighted by Gasteiger charge is -2.29. The summed E-state index contributed by atoms with van der Waals surface area (Å²) in [7, 11) is 2.23. The van der Waals surface area contributed by atoms with Crippen LogP contribution in [0.4, 0.5) is 5.69 Å². The van der Waals surface area contributed by atoms with Gasteiger partial charge in [0.05, 0.1) is 6.10 Å². The van der Waals surface area contributed by atoms with E-state index < -0.39 is 0 Å². The number of benzene rings is 1. The zero-order valence-electron chi connectivity index (χ0n) is 12.8. The summed E-state index contributed by atoms with van der Waals surface area (Å²) >= 11 is 0. The van der Waals surface area contributed by atoms with Crippen LogP contribution >= 0.6 is 0 Å². The van der Waals surface area contributed by atoms with Gasteiger partial charge >= 0.3 is 0 Å². The maximum atomic E-state index is 9.98. The van der Waals surface area contributed by atoms with E-state index in [1.165, 1.54) is 31.5 Å². The SMILES string of the molecule is CCC(O)CN(CCC1CCCN1C)c1ccccc1. The quantitative estimate of drug-likeness (QED) is 0.829. The Balaban J connectivity index is 1.95. The molecule has 2 unspecified atom stereocenters. The first-order chi connectivity index (χ1) is 9.70. The predicted molar refractivity (Wildman–Crippen MR) is 85.2 cm³/mol. The maximum absolute atomic E-state index is 9.98. The number of anilines is 1. The highest BCUT2D eigenvalue weighted by Crippen LogP contribution is 2.21. The van der Waals surface area contributed by atoms with Gasteiger partial charge < -0.3 is 14.9 Å². The fourth-order valence-corrected chi connectivity index (χ4v) is 3.00. The molecule has 1 saturated heterocycles. The van der Waals surface area contributed by atoms with Crippen LogP contribution in [0, 0.1) is 0 Å². The molecule has 0 saturated carbocycles. The molecule has 0 aliphatic carbocycles. The Kier molecular flexibility index (Phi) is 5.86. The van der Waals surface area contributed by atoms with Crippen molar-refractivity contribution in [2.75, 3.05) is 31.6 Å². The van der Waals surface area contributed by atoms with Crippen molar-refractivity contribution in [2.24, 2.45) is 0 Å². The summed E-state index contributed by atoms with van der Waals surface area (Å²) in [5.74, 6) is 0. The molecule has 1 aliphatic rings. The molecule has 1 heterocycles. The number of aliphatic hydroxyl groups excluding tert-OH is 1. The van der Waals surface area contributed by atoms with Crippen LogP contribution in [0.2, 0.25) is 0 Å². The Labute approximate surface area is 123 Å². The first-order valence-corrected chi connectivity index (χ1v) is 7.89. The smallest absolute Gasteiger partial charge is 0.0712 e. The number of hydrogen-bond acceptors (Lipinski definition) is 3. The molecule has 0 aromatic heterocycles. The topological polar surface area (TPSA) is 26.7 Å². The second-order valence-corrected chi connectivity index (χ2v) is 5.91. The zero-order valence-corrected chi connectivity index (χ0v) is 12.8. The Hall–Kier alpha value is -1.06. The molecule has 3 heteroatoms. The third-order valence-corrected chi connectivity index (χ3v) is 4.43. The molecule has 0 spiro atoms. The van der Waals surface area contributed by atoms with Gasteiger partial charge in [-0.15, -0.1) is 0 Å². The van der Waals surface area contributed by atoms with Crippen molar-refractivity contribution >= 4 is 5.69 Å². The average molecular weight is 276 g/mol. The van der Waals surface area contributed by atoms with Gasteiger partial charge in [0, 0.05) is 24.8 Å². The summed E-state index contributed by atoms with van der Waals surface area (Å²) in [5, 5.41) is 9.98. The summed E-state index contributed by atoms with van der Waals surface area (Å²) in [5.41, 5.74) is 1.22. The van der Waals surface area contributed by atoms with E-state index in [0.717, 1.165) is 19.5 Å². The molecule has 1 aromatic carbocycles. The molecule has 1 N–H and O–H groups in total. The van der Waals surface area contributed by atoms with Gasteiger partial charge in [0.25, 0.3) is 0 Å². The van der Waals surface area contributed by atoms with Crippen LogP contribution < -0.4 is 4.90 Å². The molecule has 3 nitrogen and oxygen atoms in total. The Morgan fingerprint density at radius 3 is 2.70 bits per heavy atom. The van der Waals surface area contributed by atoms with Crippen molar-refractivity contribution in [2.45, 2.75) is 44.8 Å². The number of hydrogen-bond donors (Lipinski definition) is 1. The van der Waals surface area contributed by atoms with Crippen LogP contribution in [0.3, 0.4) is 0 Å². The largest absolute Gasteiger partial charge is 0.391 e. The molecule has 1 aromatic rings. The van der Waals surface area contributed by atoms with E-state index in [1.807, 2.05) is 13.0 Å². The van der Waals surface area contributed by atoms with Crippen molar-refractivity contribution in [3.05, 3.63) is 30.3 Å². The fraction of sp³-hybridized carbons (Fsp3) is 0.647. The molecular formula is C17H28N2O. The summed E-state index contributed by atoms with van der Waals surface area (Å²) in [4.78, 5) is 4.81. The van der Waals surface area contributed by atoms with Crippen LogP contribution in [0.5, 0.6) is 0 Å². The minimum Gasteiger partial charge on any atom is -0.391 e. The van der Waals surface area contributed by atoms with Crippen molar-refractivity contribution < 1.29 is 5.11 Å². The standard InChI is InChI=1S/C17H28N2O/c1-3-17(20)14-19(16-8-5-4-6-9-16)13-11-15-10-7-12-18(15)2/h4-6,8-9,15,17,20H,3,7,10-14H2,1-2H3. The zero-order chi connectivity index (χ0) is 14.4. The highest BCUT2D eigenvalue weighted by Gasteiger charge is 2.21. The van der Waals surface area contributed by atoms with Crippen LogP contribution in [-0.4, -0.2) is 48.8 Å². The number of nitrogens with zero attached hydrogens (tertiary/aromatic N) is 2. The fourth-order valence-electron chi connectivity index (χ4n) is 3.00. The first-order valence-electron chi connectivity index (χ1n) is 7.89. The highest BCUT2D eigenvalue weighted by molar-refractivity contribution is 5.46. The number of rotatable bonds is 7.